The maximum absolute atomic E-state index is 12.8. The van der Waals surface area contributed by atoms with Crippen molar-refractivity contribution in [2.24, 2.45) is 0 Å². The van der Waals surface area contributed by atoms with Gasteiger partial charge in [-0.3, -0.25) is 0 Å². The van der Waals surface area contributed by atoms with Crippen LogP contribution in [0.15, 0.2) is 41.3 Å². The van der Waals surface area contributed by atoms with Crippen molar-refractivity contribution in [1.82, 2.24) is 4.72 Å². The third kappa shape index (κ3) is 3.37. The molecule has 0 heterocycles. The van der Waals surface area contributed by atoms with E-state index in [1.807, 2.05) is 18.2 Å². The lowest BCUT2D eigenvalue weighted by atomic mass is 9.88. The molecule has 0 fully saturated rings. The molecule has 0 aromatic heterocycles. The van der Waals surface area contributed by atoms with Crippen molar-refractivity contribution in [3.8, 4) is 0 Å². The minimum absolute atomic E-state index is 0.229. The van der Waals surface area contributed by atoms with Gasteiger partial charge in [0.05, 0.1) is 4.90 Å². The summed E-state index contributed by atoms with van der Waals surface area (Å²) in [6.07, 6.45) is 2.63. The van der Waals surface area contributed by atoms with Crippen LogP contribution in [0.3, 0.4) is 0 Å². The molecule has 2 aromatic rings. The summed E-state index contributed by atoms with van der Waals surface area (Å²) < 4.78 is 28.3. The van der Waals surface area contributed by atoms with Gasteiger partial charge in [0.15, 0.2) is 0 Å². The topological polar surface area (TPSA) is 72.2 Å². The number of nitrogens with one attached hydrogen (secondary N) is 1. The number of nitrogen functional groups attached to an aromatic ring is 1. The highest BCUT2D eigenvalue weighted by molar-refractivity contribution is 7.89. The highest BCUT2D eigenvalue weighted by Crippen LogP contribution is 2.32. The lowest BCUT2D eigenvalue weighted by Crippen LogP contribution is -2.31. The Labute approximate surface area is 141 Å². The minimum Gasteiger partial charge on any atom is -0.399 e. The Morgan fingerprint density at radius 2 is 2.00 bits per heavy atom. The first-order valence-corrected chi connectivity index (χ1v) is 9.40. The van der Waals surface area contributed by atoms with Crippen LogP contribution in [0.2, 0.25) is 5.02 Å². The number of hydrogen-bond acceptors (Lipinski definition) is 3. The molecule has 2 aromatic carbocycles. The maximum atomic E-state index is 12.8. The van der Waals surface area contributed by atoms with Gasteiger partial charge in [0.1, 0.15) is 0 Å². The van der Waals surface area contributed by atoms with E-state index in [2.05, 4.69) is 4.72 Å². The Bertz CT molecular complexity index is 850. The first kappa shape index (κ1) is 16.3. The zero-order valence-corrected chi connectivity index (χ0v) is 14.4. The smallest absolute Gasteiger partial charge is 0.241 e. The van der Waals surface area contributed by atoms with E-state index in [9.17, 15) is 8.42 Å². The predicted molar refractivity (Wildman–Crippen MR) is 93.0 cm³/mol. The molecule has 0 amide bonds. The van der Waals surface area contributed by atoms with E-state index in [0.29, 0.717) is 16.3 Å². The first-order valence-electron chi connectivity index (χ1n) is 7.53. The molecule has 1 atom stereocenters. The average Bonchev–Trinajstić information content (AvgIpc) is 2.49. The lowest BCUT2D eigenvalue weighted by molar-refractivity contribution is 0.507. The van der Waals surface area contributed by atoms with Crippen LogP contribution >= 0.6 is 11.6 Å². The molecule has 4 nitrogen and oxygen atoms in total. The van der Waals surface area contributed by atoms with Crippen LogP contribution in [0.1, 0.15) is 35.6 Å². The number of anilines is 1. The summed E-state index contributed by atoms with van der Waals surface area (Å²) in [6, 6.07) is 10.3. The van der Waals surface area contributed by atoms with Gasteiger partial charge >= 0.3 is 0 Å². The van der Waals surface area contributed by atoms with Crippen molar-refractivity contribution in [3.05, 3.63) is 58.1 Å². The van der Waals surface area contributed by atoms with Crippen LogP contribution in [-0.2, 0) is 16.4 Å². The number of nitrogens with two attached hydrogens (primary N) is 1. The van der Waals surface area contributed by atoms with Crippen LogP contribution in [0.4, 0.5) is 5.69 Å². The Morgan fingerprint density at radius 3 is 2.78 bits per heavy atom. The molecule has 1 unspecified atom stereocenters. The lowest BCUT2D eigenvalue weighted by Gasteiger charge is -2.26. The van der Waals surface area contributed by atoms with E-state index in [-0.39, 0.29) is 10.9 Å². The molecular formula is C17H19ClN2O2S. The predicted octanol–water partition coefficient (Wildman–Crippen LogP) is 3.59. The minimum atomic E-state index is -3.63. The number of hydrogen-bond donors (Lipinski definition) is 2. The number of fused-ring (bicyclic) bond motifs is 1. The summed E-state index contributed by atoms with van der Waals surface area (Å²) in [6.45, 7) is 1.76. The molecule has 6 heteroatoms. The van der Waals surface area contributed by atoms with Gasteiger partial charge in [-0.2, -0.15) is 0 Å². The fourth-order valence-corrected chi connectivity index (χ4v) is 4.83. The normalized spacial score (nSPS) is 17.7. The van der Waals surface area contributed by atoms with Gasteiger partial charge < -0.3 is 5.73 Å². The van der Waals surface area contributed by atoms with Gasteiger partial charge in [-0.25, -0.2) is 13.1 Å². The summed E-state index contributed by atoms with van der Waals surface area (Å²) in [5, 5.41) is 0.410. The Morgan fingerprint density at radius 1 is 1.22 bits per heavy atom. The van der Waals surface area contributed by atoms with Crippen LogP contribution in [-0.4, -0.2) is 8.42 Å². The monoisotopic (exact) mass is 350 g/mol. The molecule has 0 bridgehead atoms. The highest BCUT2D eigenvalue weighted by atomic mass is 35.5. The van der Waals surface area contributed by atoms with Crippen LogP contribution < -0.4 is 10.5 Å². The standard InChI is InChI=1S/C17H19ClN2O2S/c1-11-5-6-13(18)10-17(11)23(21,22)20-16-4-2-3-12-9-14(19)7-8-15(12)16/h5-10,16,20H,2-4,19H2,1H3. The summed E-state index contributed by atoms with van der Waals surface area (Å²) in [7, 11) is -3.63. The molecule has 0 radical (unpaired) electrons. The van der Waals surface area contributed by atoms with Crippen LogP contribution in [0.25, 0.3) is 0 Å². The summed E-state index contributed by atoms with van der Waals surface area (Å²) in [5.74, 6) is 0. The molecule has 122 valence electrons. The number of benzene rings is 2. The molecule has 23 heavy (non-hydrogen) atoms. The van der Waals surface area contributed by atoms with Gasteiger partial charge in [-0.05, 0) is 67.1 Å². The van der Waals surface area contributed by atoms with E-state index < -0.39 is 10.0 Å². The van der Waals surface area contributed by atoms with Gasteiger partial charge in [-0.1, -0.05) is 23.7 Å². The van der Waals surface area contributed by atoms with Crippen molar-refractivity contribution in [2.75, 3.05) is 5.73 Å². The Balaban J connectivity index is 1.95. The van der Waals surface area contributed by atoms with E-state index in [0.717, 1.165) is 30.4 Å². The molecule has 1 aliphatic carbocycles. The Kier molecular flexibility index (Phi) is 4.36. The van der Waals surface area contributed by atoms with Crippen molar-refractivity contribution < 1.29 is 8.42 Å². The Hall–Kier alpha value is -1.56. The largest absolute Gasteiger partial charge is 0.399 e. The van der Waals surface area contributed by atoms with Crippen LogP contribution in [0, 0.1) is 6.92 Å². The van der Waals surface area contributed by atoms with Crippen molar-refractivity contribution >= 4 is 27.3 Å². The second-order valence-electron chi connectivity index (χ2n) is 5.93. The second-order valence-corrected chi connectivity index (χ2v) is 8.05. The van der Waals surface area contributed by atoms with Gasteiger partial charge in [0.25, 0.3) is 0 Å². The fourth-order valence-electron chi connectivity index (χ4n) is 3.07. The quantitative estimate of drug-likeness (QED) is 0.831. The SMILES string of the molecule is Cc1ccc(Cl)cc1S(=O)(=O)NC1CCCc2cc(N)ccc21. The first-order chi connectivity index (χ1) is 10.9. The van der Waals surface area contributed by atoms with E-state index in [1.54, 1.807) is 19.1 Å². The molecule has 1 aliphatic rings. The number of halogens is 1. The van der Waals surface area contributed by atoms with Crippen molar-refractivity contribution in [3.63, 3.8) is 0 Å². The van der Waals surface area contributed by atoms with Gasteiger partial charge in [-0.15, -0.1) is 0 Å². The van der Waals surface area contributed by atoms with Gasteiger partial charge in [0.2, 0.25) is 10.0 Å². The summed E-state index contributed by atoms with van der Waals surface area (Å²) in [5.41, 5.74) is 9.34. The molecule has 0 saturated heterocycles. The maximum Gasteiger partial charge on any atom is 0.241 e. The molecule has 0 saturated carbocycles. The van der Waals surface area contributed by atoms with Crippen molar-refractivity contribution in [1.29, 1.82) is 0 Å². The third-order valence-electron chi connectivity index (χ3n) is 4.22. The fraction of sp³-hybridized carbons (Fsp3) is 0.294. The van der Waals surface area contributed by atoms with E-state index in [4.69, 9.17) is 17.3 Å². The van der Waals surface area contributed by atoms with Crippen LogP contribution in [0.5, 0.6) is 0 Å². The number of aryl methyl sites for hydroxylation is 2. The van der Waals surface area contributed by atoms with E-state index in [1.165, 1.54) is 6.07 Å². The molecule has 3 rings (SSSR count). The summed E-state index contributed by atoms with van der Waals surface area (Å²) in [4.78, 5) is 0.229. The zero-order chi connectivity index (χ0) is 16.6. The van der Waals surface area contributed by atoms with E-state index >= 15 is 0 Å². The molecule has 0 aliphatic heterocycles. The molecule has 0 spiro atoms. The van der Waals surface area contributed by atoms with Gasteiger partial charge in [0, 0.05) is 16.8 Å². The average molecular weight is 351 g/mol. The molecule has 3 N–H and O–H groups in total. The summed E-state index contributed by atoms with van der Waals surface area (Å²) >= 11 is 5.96. The third-order valence-corrected chi connectivity index (χ3v) is 6.07. The second kappa shape index (κ2) is 6.15. The number of sulfonamides is 1. The number of rotatable bonds is 3. The van der Waals surface area contributed by atoms with Crippen molar-refractivity contribution in [2.45, 2.75) is 37.1 Å². The molecular weight excluding hydrogens is 332 g/mol. The highest BCUT2D eigenvalue weighted by Gasteiger charge is 2.26. The zero-order valence-electron chi connectivity index (χ0n) is 12.8.